The maximum Gasteiger partial charge on any atom is 0.255 e. The first kappa shape index (κ1) is 26.4. The third kappa shape index (κ3) is 6.35. The number of anilines is 2. The van der Waals surface area contributed by atoms with Gasteiger partial charge in [0.25, 0.3) is 5.91 Å². The number of nitrogens with one attached hydrogen (secondary N) is 2. The van der Waals surface area contributed by atoms with Gasteiger partial charge in [-0.3, -0.25) is 9.59 Å². The fourth-order valence-corrected chi connectivity index (χ4v) is 4.86. The Morgan fingerprint density at radius 3 is 2.22 bits per heavy atom. The minimum Gasteiger partial charge on any atom is -0.496 e. The smallest absolute Gasteiger partial charge is 0.255 e. The van der Waals surface area contributed by atoms with Crippen molar-refractivity contribution in [1.29, 1.82) is 0 Å². The Kier molecular flexibility index (Phi) is 8.24. The molecule has 3 aromatic rings. The van der Waals surface area contributed by atoms with Crippen LogP contribution in [0.3, 0.4) is 0 Å². The summed E-state index contributed by atoms with van der Waals surface area (Å²) in [5.74, 6) is 0.173. The van der Waals surface area contributed by atoms with Crippen LogP contribution in [0.2, 0.25) is 0 Å². The monoisotopic (exact) mass is 503 g/mol. The van der Waals surface area contributed by atoms with E-state index in [2.05, 4.69) is 29.4 Å². The number of nitrogens with zero attached hydrogens (tertiary/aromatic N) is 1. The van der Waals surface area contributed by atoms with E-state index >= 15 is 0 Å². The van der Waals surface area contributed by atoms with Crippen molar-refractivity contribution in [2.45, 2.75) is 45.6 Å². The molecule has 2 N–H and O–H groups in total. The zero-order valence-corrected chi connectivity index (χ0v) is 21.8. The second-order valence-corrected chi connectivity index (χ2v) is 9.77. The molecule has 2 amide bonds. The van der Waals surface area contributed by atoms with Gasteiger partial charge in [0.05, 0.1) is 12.8 Å². The Labute approximate surface area is 217 Å². The number of hydrogen-bond acceptors (Lipinski definition) is 4. The molecule has 37 heavy (non-hydrogen) atoms. The largest absolute Gasteiger partial charge is 0.496 e. The summed E-state index contributed by atoms with van der Waals surface area (Å²) < 4.78 is 20.0. The quantitative estimate of drug-likeness (QED) is 0.397. The van der Waals surface area contributed by atoms with Gasteiger partial charge < -0.3 is 20.3 Å². The molecule has 1 aliphatic heterocycles. The summed E-state index contributed by atoms with van der Waals surface area (Å²) >= 11 is 0. The van der Waals surface area contributed by atoms with E-state index in [1.54, 1.807) is 37.4 Å². The van der Waals surface area contributed by atoms with Gasteiger partial charge in [0, 0.05) is 24.2 Å². The number of carbonyl (C=O) groups excluding carboxylic acids is 2. The van der Waals surface area contributed by atoms with Gasteiger partial charge >= 0.3 is 0 Å². The fraction of sp³-hybridized carbons (Fsp3) is 0.333. The van der Waals surface area contributed by atoms with E-state index in [-0.39, 0.29) is 17.5 Å². The average Bonchev–Trinajstić information content (AvgIpc) is 2.89. The number of benzene rings is 3. The third-order valence-corrected chi connectivity index (χ3v) is 6.95. The van der Waals surface area contributed by atoms with Crippen LogP contribution in [0.15, 0.2) is 60.7 Å². The number of carbonyl (C=O) groups is 2. The molecule has 6 nitrogen and oxygen atoms in total. The molecule has 0 aliphatic carbocycles. The highest BCUT2D eigenvalue weighted by atomic mass is 19.1. The first-order valence-corrected chi connectivity index (χ1v) is 12.7. The lowest BCUT2D eigenvalue weighted by Gasteiger charge is -2.35. The molecule has 4 rings (SSSR count). The van der Waals surface area contributed by atoms with Crippen molar-refractivity contribution in [1.82, 2.24) is 4.90 Å². The maximum atomic E-state index is 14.3. The molecule has 0 saturated carbocycles. The third-order valence-electron chi connectivity index (χ3n) is 6.95. The molecule has 194 valence electrons. The first-order chi connectivity index (χ1) is 17.7. The van der Waals surface area contributed by atoms with Crippen LogP contribution in [-0.4, -0.2) is 43.0 Å². The summed E-state index contributed by atoms with van der Waals surface area (Å²) in [7, 11) is 1.68. The number of hydrogen-bond donors (Lipinski definition) is 2. The molecule has 0 aromatic heterocycles. The van der Waals surface area contributed by atoms with E-state index in [1.165, 1.54) is 19.1 Å². The summed E-state index contributed by atoms with van der Waals surface area (Å²) in [4.78, 5) is 26.7. The molecule has 0 atom stereocenters. The molecule has 0 bridgehead atoms. The van der Waals surface area contributed by atoms with Crippen molar-refractivity contribution in [3.05, 3.63) is 77.6 Å². The lowest BCUT2D eigenvalue weighted by Crippen LogP contribution is -2.37. The Morgan fingerprint density at radius 1 is 0.946 bits per heavy atom. The highest BCUT2D eigenvalue weighted by Gasteiger charge is 2.24. The van der Waals surface area contributed by atoms with Crippen molar-refractivity contribution in [3.63, 3.8) is 0 Å². The summed E-state index contributed by atoms with van der Waals surface area (Å²) in [6, 6.07) is 18.0. The van der Waals surface area contributed by atoms with E-state index in [0.717, 1.165) is 48.5 Å². The summed E-state index contributed by atoms with van der Waals surface area (Å²) in [5, 5.41) is 5.47. The van der Waals surface area contributed by atoms with Gasteiger partial charge in [-0.2, -0.15) is 0 Å². The van der Waals surface area contributed by atoms with Crippen molar-refractivity contribution in [2.24, 2.45) is 0 Å². The SMILES string of the molecule is COc1ccc(NC(=O)c2ccc(-c3ccc(NC(C)=O)c(F)c3)cc2)cc1C1CCN(C(C)C)CC1. The topological polar surface area (TPSA) is 70.7 Å². The minimum atomic E-state index is -0.514. The van der Waals surface area contributed by atoms with Crippen LogP contribution in [0.4, 0.5) is 15.8 Å². The Morgan fingerprint density at radius 2 is 1.62 bits per heavy atom. The van der Waals surface area contributed by atoms with Crippen molar-refractivity contribution >= 4 is 23.2 Å². The van der Waals surface area contributed by atoms with Crippen LogP contribution in [0.25, 0.3) is 11.1 Å². The predicted molar refractivity (Wildman–Crippen MR) is 146 cm³/mol. The summed E-state index contributed by atoms with van der Waals surface area (Å²) in [5.41, 5.74) is 3.92. The highest BCUT2D eigenvalue weighted by Crippen LogP contribution is 2.36. The average molecular weight is 504 g/mol. The normalized spacial score (nSPS) is 14.4. The van der Waals surface area contributed by atoms with E-state index in [0.29, 0.717) is 23.1 Å². The Bertz CT molecular complexity index is 1270. The number of rotatable bonds is 7. The number of likely N-dealkylation sites (tertiary alicyclic amines) is 1. The molecule has 1 aliphatic rings. The van der Waals surface area contributed by atoms with E-state index in [9.17, 15) is 14.0 Å². The molecular formula is C30H34FN3O3. The van der Waals surface area contributed by atoms with Crippen LogP contribution < -0.4 is 15.4 Å². The standard InChI is InChI=1S/C30H34FN3O3/c1-19(2)34-15-13-22(14-16-34)26-18-25(10-12-29(26)37-4)33-30(36)23-7-5-21(6-8-23)24-9-11-28(27(31)17-24)32-20(3)35/h5-12,17-19,22H,13-16H2,1-4H3,(H,32,35)(H,33,36). The molecule has 1 heterocycles. The number of methoxy groups -OCH3 is 1. The van der Waals surface area contributed by atoms with Gasteiger partial charge in [-0.05, 0) is 105 Å². The second-order valence-electron chi connectivity index (χ2n) is 9.77. The predicted octanol–water partition coefficient (Wildman–Crippen LogP) is 6.30. The van der Waals surface area contributed by atoms with Gasteiger partial charge in [-0.25, -0.2) is 4.39 Å². The van der Waals surface area contributed by atoms with Crippen LogP contribution >= 0.6 is 0 Å². The zero-order chi connectivity index (χ0) is 26.5. The zero-order valence-electron chi connectivity index (χ0n) is 21.8. The Hall–Kier alpha value is -3.71. The van der Waals surface area contributed by atoms with Crippen LogP contribution in [-0.2, 0) is 4.79 Å². The molecule has 3 aromatic carbocycles. The number of halogens is 1. The highest BCUT2D eigenvalue weighted by molar-refractivity contribution is 6.04. The maximum absolute atomic E-state index is 14.3. The number of amides is 2. The summed E-state index contributed by atoms with van der Waals surface area (Å²) in [6.07, 6.45) is 2.11. The lowest BCUT2D eigenvalue weighted by molar-refractivity contribution is -0.114. The number of ether oxygens (including phenoxy) is 1. The van der Waals surface area contributed by atoms with Crippen molar-refractivity contribution in [2.75, 3.05) is 30.8 Å². The Balaban J connectivity index is 1.46. The van der Waals surface area contributed by atoms with Gasteiger partial charge in [0.1, 0.15) is 11.6 Å². The van der Waals surface area contributed by atoms with Gasteiger partial charge in [0.2, 0.25) is 5.91 Å². The molecule has 0 spiro atoms. The van der Waals surface area contributed by atoms with E-state index < -0.39 is 5.82 Å². The fourth-order valence-electron chi connectivity index (χ4n) is 4.86. The van der Waals surface area contributed by atoms with E-state index in [1.807, 2.05) is 18.2 Å². The van der Waals surface area contributed by atoms with Gasteiger partial charge in [-0.1, -0.05) is 18.2 Å². The second kappa shape index (κ2) is 11.6. The lowest BCUT2D eigenvalue weighted by atomic mass is 9.88. The van der Waals surface area contributed by atoms with Crippen molar-refractivity contribution in [3.8, 4) is 16.9 Å². The molecule has 0 radical (unpaired) electrons. The summed E-state index contributed by atoms with van der Waals surface area (Å²) in [6.45, 7) is 7.89. The van der Waals surface area contributed by atoms with E-state index in [4.69, 9.17) is 4.74 Å². The van der Waals surface area contributed by atoms with Crippen LogP contribution in [0, 0.1) is 5.82 Å². The van der Waals surface area contributed by atoms with Crippen LogP contribution in [0.1, 0.15) is 55.5 Å². The van der Waals surface area contributed by atoms with Gasteiger partial charge in [0.15, 0.2) is 0 Å². The van der Waals surface area contributed by atoms with Gasteiger partial charge in [-0.15, -0.1) is 0 Å². The molecule has 1 saturated heterocycles. The van der Waals surface area contributed by atoms with Crippen LogP contribution in [0.5, 0.6) is 5.75 Å². The molecule has 0 unspecified atom stereocenters. The minimum absolute atomic E-state index is 0.136. The first-order valence-electron chi connectivity index (χ1n) is 12.7. The molecular weight excluding hydrogens is 469 g/mol. The van der Waals surface area contributed by atoms with Crippen molar-refractivity contribution < 1.29 is 18.7 Å². The number of piperidine rings is 1. The molecule has 1 fully saturated rings. The molecule has 7 heteroatoms.